The van der Waals surface area contributed by atoms with Gasteiger partial charge in [-0.3, -0.25) is 0 Å². The van der Waals surface area contributed by atoms with Gasteiger partial charge in [-0.1, -0.05) is 115 Å². The summed E-state index contributed by atoms with van der Waals surface area (Å²) < 4.78 is 0. The number of hydrogen-bond donors (Lipinski definition) is 0. The molecule has 0 fully saturated rings. The van der Waals surface area contributed by atoms with E-state index in [1.165, 1.54) is 49.4 Å². The average molecular weight is 637 g/mol. The lowest BCUT2D eigenvalue weighted by Crippen LogP contribution is -2.31. The summed E-state index contributed by atoms with van der Waals surface area (Å²) in [6.45, 7) is 0. The van der Waals surface area contributed by atoms with Gasteiger partial charge in [0, 0.05) is 33.4 Å². The van der Waals surface area contributed by atoms with Crippen LogP contribution in [0.3, 0.4) is 0 Å². The van der Waals surface area contributed by atoms with Crippen molar-refractivity contribution in [3.8, 4) is 11.1 Å². The van der Waals surface area contributed by atoms with Crippen LogP contribution in [-0.2, 0) is 0 Å². The van der Waals surface area contributed by atoms with Crippen LogP contribution < -0.4 is 20.2 Å². The zero-order chi connectivity index (χ0) is 32.3. The van der Waals surface area contributed by atoms with Crippen LogP contribution in [0.25, 0.3) is 33.7 Å². The van der Waals surface area contributed by atoms with E-state index in [0.29, 0.717) is 0 Å². The molecule has 0 N–H and O–H groups in total. The maximum absolute atomic E-state index is 2.38. The van der Waals surface area contributed by atoms with Crippen molar-refractivity contribution < 1.29 is 0 Å². The first-order valence-corrected chi connectivity index (χ1v) is 18.2. The summed E-state index contributed by atoms with van der Waals surface area (Å²) in [4.78, 5) is 4.75. The Morgan fingerprint density at radius 3 is 1.96 bits per heavy atom. The number of hydrogen-bond acceptors (Lipinski definition) is 2. The topological polar surface area (TPSA) is 6.48 Å². The lowest BCUT2D eigenvalue weighted by Gasteiger charge is -2.28. The van der Waals surface area contributed by atoms with Gasteiger partial charge in [-0.25, -0.2) is 0 Å². The second-order valence-corrected chi connectivity index (χ2v) is 13.8. The molecule has 0 bridgehead atoms. The maximum atomic E-state index is 2.38. The summed E-state index contributed by atoms with van der Waals surface area (Å²) >= 11 is 0. The number of rotatable bonds is 7. The molecule has 2 aliphatic rings. The molecule has 6 aromatic carbocycles. The molecule has 0 radical (unpaired) electrons. The second-order valence-electron chi connectivity index (χ2n) is 12.1. The van der Waals surface area contributed by atoms with Crippen LogP contribution in [0.15, 0.2) is 181 Å². The Morgan fingerprint density at radius 1 is 0.562 bits per heavy atom. The third-order valence-corrected chi connectivity index (χ3v) is 10.1. The van der Waals surface area contributed by atoms with Crippen molar-refractivity contribution in [3.05, 3.63) is 191 Å². The smallest absolute Gasteiger partial charge is 0.0540 e. The van der Waals surface area contributed by atoms with Gasteiger partial charge in [-0.2, -0.15) is 10.5 Å². The number of fused-ring (bicyclic) bond motifs is 2. The maximum Gasteiger partial charge on any atom is 0.0540 e. The Morgan fingerprint density at radius 2 is 1.21 bits per heavy atom. The minimum Gasteiger partial charge on any atom is -0.310 e. The summed E-state index contributed by atoms with van der Waals surface area (Å²) in [6, 6.07) is 52.5. The molecule has 6 aromatic rings. The van der Waals surface area contributed by atoms with Gasteiger partial charge in [0.1, 0.15) is 0 Å². The van der Waals surface area contributed by atoms with E-state index in [2.05, 4.69) is 203 Å². The fourth-order valence-electron chi connectivity index (χ4n) is 6.61. The van der Waals surface area contributed by atoms with E-state index in [4.69, 9.17) is 0 Å². The van der Waals surface area contributed by atoms with Crippen LogP contribution in [0.4, 0.5) is 22.7 Å². The van der Waals surface area contributed by atoms with Gasteiger partial charge < -0.3 is 9.80 Å². The summed E-state index contributed by atoms with van der Waals surface area (Å²) in [5.74, 6) is 0. The van der Waals surface area contributed by atoms with Gasteiger partial charge in [0.05, 0.1) is 11.4 Å². The Labute approximate surface area is 285 Å². The quantitative estimate of drug-likeness (QED) is 0.161. The number of anilines is 4. The molecule has 0 saturated heterocycles. The van der Waals surface area contributed by atoms with Crippen molar-refractivity contribution in [2.24, 2.45) is 0 Å². The summed E-state index contributed by atoms with van der Waals surface area (Å²) in [5.41, 5.74) is 9.29. The molecule has 1 atom stereocenters. The molecular formula is C45H36N2S. The first-order valence-electron chi connectivity index (χ1n) is 16.4. The molecular weight excluding hydrogens is 601 g/mol. The van der Waals surface area contributed by atoms with Crippen molar-refractivity contribution in [2.45, 2.75) is 6.42 Å². The van der Waals surface area contributed by atoms with Gasteiger partial charge in [-0.15, -0.1) is 0 Å². The minimum atomic E-state index is 0.154. The minimum absolute atomic E-state index is 0.154. The molecule has 0 amide bonds. The second kappa shape index (κ2) is 13.2. The van der Waals surface area contributed by atoms with Gasteiger partial charge in [0.25, 0.3) is 0 Å². The summed E-state index contributed by atoms with van der Waals surface area (Å²) in [5, 5.41) is 9.56. The molecule has 0 spiro atoms. The van der Waals surface area contributed by atoms with Crippen LogP contribution in [-0.4, -0.2) is 11.6 Å². The molecule has 2 nitrogen and oxygen atoms in total. The normalized spacial score (nSPS) is 15.1. The predicted octanol–water partition coefficient (Wildman–Crippen LogP) is 10.4. The Hall–Kier alpha value is -5.64. The van der Waals surface area contributed by atoms with Crippen LogP contribution in [0, 0.1) is 0 Å². The molecule has 1 heterocycles. The molecule has 3 heteroatoms. The predicted molar refractivity (Wildman–Crippen MR) is 211 cm³/mol. The molecule has 8 rings (SSSR count). The monoisotopic (exact) mass is 636 g/mol. The van der Waals surface area contributed by atoms with E-state index in [1.807, 2.05) is 0 Å². The number of nitrogens with zero attached hydrogens (tertiary/aromatic N) is 2. The number of benzene rings is 6. The Kier molecular flexibility index (Phi) is 8.20. The number of para-hydroxylation sites is 1. The molecule has 0 saturated carbocycles. The highest BCUT2D eigenvalue weighted by molar-refractivity contribution is 8.17. The SMILES string of the molecule is CS1=CC=C(N(c2ccc(-c3ccc(N(C4=c5ccccc5=CCC=C4)c4ccccc4)cc3)cc2)c2cccc3ccccc23)C=C1. The van der Waals surface area contributed by atoms with E-state index >= 15 is 0 Å². The van der Waals surface area contributed by atoms with E-state index in [1.54, 1.807) is 0 Å². The molecule has 1 aliphatic carbocycles. The Balaban J connectivity index is 1.17. The molecule has 1 unspecified atom stereocenters. The van der Waals surface area contributed by atoms with E-state index in [0.717, 1.165) is 23.5 Å². The first kappa shape index (κ1) is 29.7. The van der Waals surface area contributed by atoms with Crippen LogP contribution in [0.1, 0.15) is 6.42 Å². The Bertz CT molecular complexity index is 2360. The van der Waals surface area contributed by atoms with Crippen molar-refractivity contribution in [1.82, 2.24) is 0 Å². The standard InChI is InChI=1S/C45H36N2S/c1-48-32-30-41(31-33-48)47(45-21-11-15-37-13-6-9-19-43(37)45)40-28-24-35(25-29-40)34-22-26-39(27-23-34)46(38-16-3-2-4-17-38)44-20-10-7-14-36-12-5-8-18-42(36)44/h2-6,8-33H,7H2,1H3. The lowest BCUT2D eigenvalue weighted by atomic mass is 10.0. The highest BCUT2D eigenvalue weighted by atomic mass is 32.2. The molecule has 232 valence electrons. The molecule has 48 heavy (non-hydrogen) atoms. The highest BCUT2D eigenvalue weighted by Crippen LogP contribution is 2.38. The van der Waals surface area contributed by atoms with Gasteiger partial charge in [0.2, 0.25) is 0 Å². The summed E-state index contributed by atoms with van der Waals surface area (Å²) in [6.07, 6.45) is 14.5. The van der Waals surface area contributed by atoms with Crippen molar-refractivity contribution in [3.63, 3.8) is 0 Å². The van der Waals surface area contributed by atoms with Crippen molar-refractivity contribution >= 4 is 61.1 Å². The third kappa shape index (κ3) is 5.85. The average Bonchev–Trinajstić information content (AvgIpc) is 3.36. The van der Waals surface area contributed by atoms with Crippen molar-refractivity contribution in [1.29, 1.82) is 0 Å². The largest absolute Gasteiger partial charge is 0.310 e. The van der Waals surface area contributed by atoms with Crippen LogP contribution in [0.2, 0.25) is 0 Å². The fraction of sp³-hybridized carbons (Fsp3) is 0.0444. The highest BCUT2D eigenvalue weighted by Gasteiger charge is 2.18. The first-order chi connectivity index (χ1) is 23.7. The zero-order valence-electron chi connectivity index (χ0n) is 26.9. The molecule has 1 aliphatic heterocycles. The van der Waals surface area contributed by atoms with E-state index < -0.39 is 0 Å². The van der Waals surface area contributed by atoms with Crippen molar-refractivity contribution in [2.75, 3.05) is 16.1 Å². The number of allylic oxidation sites excluding steroid dienone is 3. The lowest BCUT2D eigenvalue weighted by molar-refractivity contribution is 1.23. The molecule has 0 aromatic heterocycles. The third-order valence-electron chi connectivity index (χ3n) is 9.00. The van der Waals surface area contributed by atoms with Gasteiger partial charge in [0.15, 0.2) is 0 Å². The van der Waals surface area contributed by atoms with E-state index in [9.17, 15) is 0 Å². The summed E-state index contributed by atoms with van der Waals surface area (Å²) in [7, 11) is 0.154. The van der Waals surface area contributed by atoms with Gasteiger partial charge in [-0.05, 0) is 106 Å². The zero-order valence-corrected chi connectivity index (χ0v) is 27.7. The van der Waals surface area contributed by atoms with Crippen LogP contribution >= 0.6 is 10.5 Å². The fourth-order valence-corrected chi connectivity index (χ4v) is 7.41. The van der Waals surface area contributed by atoms with E-state index in [-0.39, 0.29) is 10.5 Å². The van der Waals surface area contributed by atoms with Gasteiger partial charge >= 0.3 is 0 Å². The van der Waals surface area contributed by atoms with Crippen LogP contribution in [0.5, 0.6) is 0 Å².